The van der Waals surface area contributed by atoms with E-state index in [2.05, 4.69) is 33.1 Å². The Hall–Kier alpha value is -2.77. The van der Waals surface area contributed by atoms with Crippen LogP contribution in [0.15, 0.2) is 24.3 Å². The first-order valence-electron chi connectivity index (χ1n) is 15.9. The molecule has 1 saturated heterocycles. The Morgan fingerprint density at radius 3 is 2.49 bits per heavy atom. The second-order valence-electron chi connectivity index (χ2n) is 14.0. The van der Waals surface area contributed by atoms with Gasteiger partial charge in [0.25, 0.3) is 5.91 Å². The second-order valence-corrected chi connectivity index (χ2v) is 14.7. The Labute approximate surface area is 263 Å². The zero-order valence-electron chi connectivity index (χ0n) is 25.3. The van der Waals surface area contributed by atoms with Crippen LogP contribution >= 0.6 is 23.2 Å². The molecular formula is C34H41Cl2N5O2. The molecule has 1 aromatic heterocycles. The predicted molar refractivity (Wildman–Crippen MR) is 172 cm³/mol. The number of nitrogens with one attached hydrogen (secondary N) is 2. The highest BCUT2D eigenvalue weighted by Crippen LogP contribution is 2.47. The minimum Gasteiger partial charge on any atom is -0.370 e. The van der Waals surface area contributed by atoms with E-state index in [0.717, 1.165) is 109 Å². The number of rotatable bonds is 8. The summed E-state index contributed by atoms with van der Waals surface area (Å²) in [5.74, 6) is 3.13. The van der Waals surface area contributed by atoms with Gasteiger partial charge in [0.2, 0.25) is 5.91 Å². The lowest BCUT2D eigenvalue weighted by Gasteiger charge is -2.28. The predicted octanol–water partition coefficient (Wildman–Crippen LogP) is 6.65. The molecule has 2 heterocycles. The standard InChI is InChI=1S/C34H41Cl2N5O2/c1-19-4-7-23(8-5-19)38-32(42)25-13-27-29(15-28(25)41-17-21-12-22(21)18-41)40(3)30(39-27)14-24-26(35)9-6-20(31(24)36)16-37-33(43)34(2)10-11-34/h6,9,13,15,19,21-23H,4-5,7-8,10-12,14,16-18H2,1-3H3,(H,37,43)(H,38,42). The molecule has 2 N–H and O–H groups in total. The van der Waals surface area contributed by atoms with E-state index in [1.54, 1.807) is 0 Å². The second kappa shape index (κ2) is 11.0. The molecule has 9 heteroatoms. The highest BCUT2D eigenvalue weighted by molar-refractivity contribution is 6.36. The van der Waals surface area contributed by atoms with E-state index in [-0.39, 0.29) is 23.3 Å². The van der Waals surface area contributed by atoms with Crippen LogP contribution in [0.4, 0.5) is 5.69 Å². The fourth-order valence-corrected chi connectivity index (χ4v) is 7.62. The van der Waals surface area contributed by atoms with Crippen LogP contribution in [0.2, 0.25) is 10.0 Å². The summed E-state index contributed by atoms with van der Waals surface area (Å²) in [4.78, 5) is 33.7. The number of carbonyl (C=O) groups is 2. The van der Waals surface area contributed by atoms with E-state index >= 15 is 0 Å². The third kappa shape index (κ3) is 5.64. The molecule has 2 aromatic carbocycles. The molecule has 4 aliphatic rings. The maximum absolute atomic E-state index is 13.8. The van der Waals surface area contributed by atoms with Crippen LogP contribution < -0.4 is 15.5 Å². The van der Waals surface area contributed by atoms with Crippen molar-refractivity contribution in [1.82, 2.24) is 20.2 Å². The molecule has 2 unspecified atom stereocenters. The molecule has 1 aliphatic heterocycles. The molecule has 2 amide bonds. The highest BCUT2D eigenvalue weighted by atomic mass is 35.5. The summed E-state index contributed by atoms with van der Waals surface area (Å²) < 4.78 is 2.09. The molecule has 0 spiro atoms. The van der Waals surface area contributed by atoms with Gasteiger partial charge in [-0.15, -0.1) is 0 Å². The Bertz CT molecular complexity index is 1590. The van der Waals surface area contributed by atoms with Crippen molar-refractivity contribution in [3.63, 3.8) is 0 Å². The van der Waals surface area contributed by atoms with Gasteiger partial charge in [-0.1, -0.05) is 43.1 Å². The minimum absolute atomic E-state index is 0.00474. The third-order valence-electron chi connectivity index (χ3n) is 10.6. The lowest BCUT2D eigenvalue weighted by atomic mass is 9.87. The molecule has 2 atom stereocenters. The lowest BCUT2D eigenvalue weighted by Crippen LogP contribution is -2.38. The number of aryl methyl sites for hydroxylation is 1. The largest absolute Gasteiger partial charge is 0.370 e. The number of hydrogen-bond donors (Lipinski definition) is 2. The number of nitrogens with zero attached hydrogens (tertiary/aromatic N) is 3. The summed E-state index contributed by atoms with van der Waals surface area (Å²) in [6.07, 6.45) is 7.99. The van der Waals surface area contributed by atoms with Crippen LogP contribution in [0.3, 0.4) is 0 Å². The Morgan fingerprint density at radius 2 is 1.79 bits per heavy atom. The molecule has 3 saturated carbocycles. The summed E-state index contributed by atoms with van der Waals surface area (Å²) in [7, 11) is 2.01. The van der Waals surface area contributed by atoms with Gasteiger partial charge >= 0.3 is 0 Å². The van der Waals surface area contributed by atoms with E-state index in [9.17, 15) is 9.59 Å². The number of imidazole rings is 1. The van der Waals surface area contributed by atoms with Crippen molar-refractivity contribution in [3.05, 3.63) is 56.8 Å². The summed E-state index contributed by atoms with van der Waals surface area (Å²) in [6.45, 7) is 6.67. The van der Waals surface area contributed by atoms with Crippen molar-refractivity contribution < 1.29 is 9.59 Å². The van der Waals surface area contributed by atoms with E-state index in [1.807, 2.05) is 32.2 Å². The van der Waals surface area contributed by atoms with Crippen LogP contribution in [0.25, 0.3) is 11.0 Å². The first kappa shape index (κ1) is 29.0. The molecule has 3 aromatic rings. The monoisotopic (exact) mass is 621 g/mol. The number of anilines is 1. The Balaban J connectivity index is 1.18. The fraction of sp³-hybridized carbons (Fsp3) is 0.559. The van der Waals surface area contributed by atoms with Crippen LogP contribution in [-0.4, -0.2) is 40.5 Å². The maximum atomic E-state index is 13.8. The quantitative estimate of drug-likeness (QED) is 0.295. The minimum atomic E-state index is -0.242. The van der Waals surface area contributed by atoms with Gasteiger partial charge < -0.3 is 20.1 Å². The topological polar surface area (TPSA) is 79.3 Å². The Morgan fingerprint density at radius 1 is 1.07 bits per heavy atom. The zero-order chi connectivity index (χ0) is 30.0. The van der Waals surface area contributed by atoms with Crippen molar-refractivity contribution in [3.8, 4) is 0 Å². The van der Waals surface area contributed by atoms with Crippen molar-refractivity contribution in [1.29, 1.82) is 0 Å². The first-order valence-corrected chi connectivity index (χ1v) is 16.6. The molecule has 0 radical (unpaired) electrons. The number of piperidine rings is 1. The van der Waals surface area contributed by atoms with Crippen LogP contribution in [-0.2, 0) is 24.8 Å². The summed E-state index contributed by atoms with van der Waals surface area (Å²) >= 11 is 13.6. The van der Waals surface area contributed by atoms with Crippen LogP contribution in [0, 0.1) is 23.2 Å². The van der Waals surface area contributed by atoms with Gasteiger partial charge in [-0.3, -0.25) is 9.59 Å². The van der Waals surface area contributed by atoms with E-state index in [4.69, 9.17) is 28.2 Å². The van der Waals surface area contributed by atoms with Gasteiger partial charge in [-0.05, 0) is 92.0 Å². The number of amides is 2. The average Bonchev–Trinajstić information content (AvgIpc) is 3.86. The molecule has 0 bridgehead atoms. The molecule has 7 rings (SSSR count). The SMILES string of the molecule is CC1CCC(NC(=O)c2cc3nc(Cc4c(Cl)ccc(CNC(=O)C5(C)CC5)c4Cl)n(C)c3cc2N2CC3CC3C2)CC1. The Kier molecular flexibility index (Phi) is 7.40. The van der Waals surface area contributed by atoms with Crippen LogP contribution in [0.5, 0.6) is 0 Å². The van der Waals surface area contributed by atoms with E-state index in [0.29, 0.717) is 23.0 Å². The first-order chi connectivity index (χ1) is 20.6. The van der Waals surface area contributed by atoms with Gasteiger partial charge in [-0.25, -0.2) is 4.98 Å². The van der Waals surface area contributed by atoms with Gasteiger partial charge in [0.05, 0.1) is 27.3 Å². The third-order valence-corrected chi connectivity index (χ3v) is 11.4. The maximum Gasteiger partial charge on any atom is 0.253 e. The number of halogens is 2. The van der Waals surface area contributed by atoms with Crippen molar-refractivity contribution in [2.45, 2.75) is 77.8 Å². The molecule has 43 heavy (non-hydrogen) atoms. The number of benzene rings is 2. The van der Waals surface area contributed by atoms with Crippen molar-refractivity contribution in [2.24, 2.45) is 30.2 Å². The van der Waals surface area contributed by atoms with Gasteiger partial charge in [0.1, 0.15) is 5.82 Å². The number of carbonyl (C=O) groups excluding carboxylic acids is 2. The van der Waals surface area contributed by atoms with Gasteiger partial charge in [-0.2, -0.15) is 0 Å². The summed E-state index contributed by atoms with van der Waals surface area (Å²) in [5.41, 5.74) is 4.89. The van der Waals surface area contributed by atoms with Crippen molar-refractivity contribution in [2.75, 3.05) is 18.0 Å². The number of aromatic nitrogens is 2. The molecule has 3 aliphatic carbocycles. The number of fused-ring (bicyclic) bond motifs is 2. The normalized spacial score (nSPS) is 25.5. The van der Waals surface area contributed by atoms with Crippen molar-refractivity contribution >= 4 is 51.7 Å². The fourth-order valence-electron chi connectivity index (χ4n) is 7.05. The van der Waals surface area contributed by atoms with Gasteiger partial charge in [0, 0.05) is 49.6 Å². The van der Waals surface area contributed by atoms with Crippen LogP contribution in [0.1, 0.15) is 86.1 Å². The van der Waals surface area contributed by atoms with E-state index < -0.39 is 0 Å². The molecular weight excluding hydrogens is 581 g/mol. The zero-order valence-corrected chi connectivity index (χ0v) is 26.8. The molecule has 4 fully saturated rings. The summed E-state index contributed by atoms with van der Waals surface area (Å²) in [6, 6.07) is 8.08. The molecule has 7 nitrogen and oxygen atoms in total. The lowest BCUT2D eigenvalue weighted by molar-refractivity contribution is -0.125. The average molecular weight is 623 g/mol. The summed E-state index contributed by atoms with van der Waals surface area (Å²) in [5, 5.41) is 7.52. The van der Waals surface area contributed by atoms with Gasteiger partial charge in [0.15, 0.2) is 0 Å². The van der Waals surface area contributed by atoms with E-state index in [1.165, 1.54) is 6.42 Å². The smallest absolute Gasteiger partial charge is 0.253 e. The molecule has 228 valence electrons. The number of hydrogen-bond acceptors (Lipinski definition) is 4. The highest BCUT2D eigenvalue weighted by Gasteiger charge is 2.46.